The summed E-state index contributed by atoms with van der Waals surface area (Å²) in [7, 11) is 0. The molecule has 19 heavy (non-hydrogen) atoms. The van der Waals surface area contributed by atoms with Crippen LogP contribution in [0.25, 0.3) is 0 Å². The molecule has 0 atom stereocenters. The van der Waals surface area contributed by atoms with E-state index in [0.717, 1.165) is 25.9 Å². The molecule has 1 fully saturated rings. The van der Waals surface area contributed by atoms with Gasteiger partial charge in [-0.15, -0.1) is 0 Å². The first kappa shape index (κ1) is 16.8. The summed E-state index contributed by atoms with van der Waals surface area (Å²) in [6, 6.07) is 0. The number of hydrogen-bond donors (Lipinski definition) is 1. The molecule has 1 N–H and O–H groups in total. The minimum absolute atomic E-state index is 0.0150. The molecule has 1 heterocycles. The normalized spacial score (nSPS) is 23.5. The van der Waals surface area contributed by atoms with Crippen LogP contribution >= 0.6 is 0 Å². The topological polar surface area (TPSA) is 15.3 Å². The van der Waals surface area contributed by atoms with Gasteiger partial charge in [-0.2, -0.15) is 13.2 Å². The van der Waals surface area contributed by atoms with Crippen LogP contribution in [-0.2, 0) is 0 Å². The maximum atomic E-state index is 12.3. The molecule has 0 aromatic heterocycles. The molecule has 2 nitrogen and oxygen atoms in total. The van der Waals surface area contributed by atoms with Gasteiger partial charge in [0.15, 0.2) is 0 Å². The van der Waals surface area contributed by atoms with Gasteiger partial charge in [-0.3, -0.25) is 4.90 Å². The Labute approximate surface area is 114 Å². The smallest absolute Gasteiger partial charge is 0.309 e. The van der Waals surface area contributed by atoms with E-state index >= 15 is 0 Å². The molecule has 1 aliphatic rings. The summed E-state index contributed by atoms with van der Waals surface area (Å²) in [4.78, 5) is 2.27. The third kappa shape index (κ3) is 4.63. The van der Waals surface area contributed by atoms with Crippen molar-refractivity contribution in [1.29, 1.82) is 0 Å². The Morgan fingerprint density at radius 2 is 1.74 bits per heavy atom. The fourth-order valence-corrected chi connectivity index (χ4v) is 2.95. The van der Waals surface area contributed by atoms with Crippen molar-refractivity contribution in [1.82, 2.24) is 10.2 Å². The van der Waals surface area contributed by atoms with E-state index in [0.29, 0.717) is 6.54 Å². The molecular formula is C14H27F3N2. The highest BCUT2D eigenvalue weighted by Gasteiger charge is 2.41. The van der Waals surface area contributed by atoms with Gasteiger partial charge in [0.05, 0.1) is 0 Å². The summed E-state index contributed by atoms with van der Waals surface area (Å²) < 4.78 is 36.9. The minimum atomic E-state index is -4.04. The van der Waals surface area contributed by atoms with Gasteiger partial charge in [0, 0.05) is 30.6 Å². The van der Waals surface area contributed by atoms with Crippen LogP contribution in [0.2, 0.25) is 0 Å². The van der Waals surface area contributed by atoms with Crippen LogP contribution in [0, 0.1) is 0 Å². The Morgan fingerprint density at radius 3 is 2.21 bits per heavy atom. The van der Waals surface area contributed by atoms with Gasteiger partial charge in [0.25, 0.3) is 0 Å². The highest BCUT2D eigenvalue weighted by atomic mass is 19.4. The van der Waals surface area contributed by atoms with E-state index in [1.54, 1.807) is 0 Å². The number of halogens is 3. The van der Waals surface area contributed by atoms with Crippen LogP contribution in [0.3, 0.4) is 0 Å². The number of rotatable bonds is 5. The van der Waals surface area contributed by atoms with E-state index in [4.69, 9.17) is 0 Å². The lowest BCUT2D eigenvalue weighted by molar-refractivity contribution is -0.137. The molecule has 0 bridgehead atoms. The molecule has 1 aliphatic heterocycles. The quantitative estimate of drug-likeness (QED) is 0.828. The molecule has 0 unspecified atom stereocenters. The van der Waals surface area contributed by atoms with Crippen molar-refractivity contribution >= 4 is 0 Å². The second-order valence-electron chi connectivity index (χ2n) is 6.31. The van der Waals surface area contributed by atoms with Crippen LogP contribution in [0.1, 0.15) is 53.4 Å². The molecule has 5 heteroatoms. The fourth-order valence-electron chi connectivity index (χ4n) is 2.95. The van der Waals surface area contributed by atoms with E-state index in [-0.39, 0.29) is 17.5 Å². The Kier molecular flexibility index (Phi) is 5.29. The van der Waals surface area contributed by atoms with Gasteiger partial charge in [0.1, 0.15) is 0 Å². The number of nitrogens with zero attached hydrogens (tertiary/aromatic N) is 1. The summed E-state index contributed by atoms with van der Waals surface area (Å²) in [5, 5.41) is 3.52. The molecule has 0 saturated carbocycles. The molecule has 1 saturated heterocycles. The second-order valence-corrected chi connectivity index (χ2v) is 6.31. The van der Waals surface area contributed by atoms with Gasteiger partial charge >= 0.3 is 6.18 Å². The molecule has 0 aromatic carbocycles. The van der Waals surface area contributed by atoms with E-state index in [9.17, 15) is 13.2 Å². The Morgan fingerprint density at radius 1 is 1.16 bits per heavy atom. The lowest BCUT2D eigenvalue weighted by atomic mass is 9.84. The number of nitrogens with one attached hydrogen (secondary N) is 1. The van der Waals surface area contributed by atoms with E-state index < -0.39 is 12.6 Å². The van der Waals surface area contributed by atoms with E-state index in [1.165, 1.54) is 0 Å². The average molecular weight is 280 g/mol. The zero-order valence-electron chi connectivity index (χ0n) is 12.5. The number of alkyl halides is 3. The molecule has 0 radical (unpaired) electrons. The van der Waals surface area contributed by atoms with Crippen molar-refractivity contribution in [2.24, 2.45) is 0 Å². The highest BCUT2D eigenvalue weighted by Crippen LogP contribution is 2.31. The fraction of sp³-hybridized carbons (Fsp3) is 1.00. The van der Waals surface area contributed by atoms with Crippen molar-refractivity contribution in [3.05, 3.63) is 0 Å². The second kappa shape index (κ2) is 6.00. The summed E-state index contributed by atoms with van der Waals surface area (Å²) >= 11 is 0. The van der Waals surface area contributed by atoms with Crippen LogP contribution in [0.15, 0.2) is 0 Å². The van der Waals surface area contributed by atoms with Crippen molar-refractivity contribution in [3.8, 4) is 0 Å². The average Bonchev–Trinajstić information content (AvgIpc) is 2.28. The van der Waals surface area contributed by atoms with Gasteiger partial charge in [-0.1, -0.05) is 13.8 Å². The maximum Gasteiger partial charge on any atom is 0.389 e. The maximum absolute atomic E-state index is 12.3. The zero-order chi connectivity index (χ0) is 14.7. The van der Waals surface area contributed by atoms with Gasteiger partial charge in [-0.25, -0.2) is 0 Å². The molecule has 1 rings (SSSR count). The lowest BCUT2D eigenvalue weighted by Gasteiger charge is -2.52. The van der Waals surface area contributed by atoms with Crippen LogP contribution in [0.4, 0.5) is 13.2 Å². The van der Waals surface area contributed by atoms with Gasteiger partial charge < -0.3 is 5.32 Å². The molecule has 0 amide bonds. The van der Waals surface area contributed by atoms with Crippen molar-refractivity contribution in [2.75, 3.05) is 19.6 Å². The largest absolute Gasteiger partial charge is 0.389 e. The van der Waals surface area contributed by atoms with Crippen LogP contribution in [-0.4, -0.2) is 41.8 Å². The Bertz CT molecular complexity index is 283. The standard InChI is InChI=1S/C14H27F3N2/c1-5-13(6-2)10-18-12(3,4)11-19(13)9-7-8-14(15,16)17/h18H,5-11H2,1-4H3. The van der Waals surface area contributed by atoms with Crippen molar-refractivity contribution < 1.29 is 13.2 Å². The third-order valence-electron chi connectivity index (χ3n) is 4.36. The Hall–Kier alpha value is -0.290. The summed E-state index contributed by atoms with van der Waals surface area (Å²) in [6.45, 7) is 10.7. The van der Waals surface area contributed by atoms with E-state index in [1.807, 2.05) is 0 Å². The van der Waals surface area contributed by atoms with Crippen LogP contribution in [0.5, 0.6) is 0 Å². The molecule has 0 spiro atoms. The third-order valence-corrected chi connectivity index (χ3v) is 4.36. The summed E-state index contributed by atoms with van der Waals surface area (Å²) in [5.74, 6) is 0. The Balaban J connectivity index is 2.67. The first-order valence-electron chi connectivity index (χ1n) is 7.21. The molecular weight excluding hydrogens is 253 g/mol. The number of hydrogen-bond acceptors (Lipinski definition) is 2. The molecule has 0 aliphatic carbocycles. The van der Waals surface area contributed by atoms with Crippen molar-refractivity contribution in [3.63, 3.8) is 0 Å². The lowest BCUT2D eigenvalue weighted by Crippen LogP contribution is -2.68. The molecule has 114 valence electrons. The van der Waals surface area contributed by atoms with Crippen LogP contribution < -0.4 is 5.32 Å². The SMILES string of the molecule is CCC1(CC)CNC(C)(C)CN1CCCC(F)(F)F. The van der Waals surface area contributed by atoms with Gasteiger partial charge in [-0.05, 0) is 39.7 Å². The highest BCUT2D eigenvalue weighted by molar-refractivity contribution is 5.01. The zero-order valence-corrected chi connectivity index (χ0v) is 12.5. The monoisotopic (exact) mass is 280 g/mol. The summed E-state index contributed by atoms with van der Waals surface area (Å²) in [5.41, 5.74) is -0.00675. The predicted molar refractivity (Wildman–Crippen MR) is 72.3 cm³/mol. The van der Waals surface area contributed by atoms with Crippen molar-refractivity contribution in [2.45, 2.75) is 70.6 Å². The summed E-state index contributed by atoms with van der Waals surface area (Å²) in [6.07, 6.45) is -2.58. The minimum Gasteiger partial charge on any atom is -0.309 e. The predicted octanol–water partition coefficient (Wildman–Crippen LogP) is 3.57. The number of piperazine rings is 1. The molecule has 0 aromatic rings. The first-order chi connectivity index (χ1) is 8.64. The van der Waals surface area contributed by atoms with Gasteiger partial charge in [0.2, 0.25) is 0 Å². The van der Waals surface area contributed by atoms with E-state index in [2.05, 4.69) is 37.9 Å². The first-order valence-corrected chi connectivity index (χ1v) is 7.21.